The van der Waals surface area contributed by atoms with Crippen molar-refractivity contribution < 1.29 is 13.2 Å². The Kier molecular flexibility index (Phi) is 5.47. The van der Waals surface area contributed by atoms with Crippen molar-refractivity contribution in [3.63, 3.8) is 0 Å². The Morgan fingerprint density at radius 3 is 2.36 bits per heavy atom. The number of nitrogens with zero attached hydrogens (tertiary/aromatic N) is 2. The van der Waals surface area contributed by atoms with Crippen LogP contribution in [0.2, 0.25) is 0 Å². The van der Waals surface area contributed by atoms with Gasteiger partial charge in [-0.15, -0.1) is 0 Å². The third-order valence-corrected chi connectivity index (χ3v) is 5.93. The van der Waals surface area contributed by atoms with Gasteiger partial charge in [0.2, 0.25) is 10.0 Å². The summed E-state index contributed by atoms with van der Waals surface area (Å²) >= 11 is 0. The van der Waals surface area contributed by atoms with Crippen LogP contribution in [0.4, 0.5) is 0 Å². The van der Waals surface area contributed by atoms with Crippen molar-refractivity contribution >= 4 is 10.0 Å². The maximum absolute atomic E-state index is 13.0. The highest BCUT2D eigenvalue weighted by Crippen LogP contribution is 2.31. The Morgan fingerprint density at radius 1 is 1.18 bits per heavy atom. The van der Waals surface area contributed by atoms with Crippen LogP contribution in [-0.4, -0.2) is 57.5 Å². The summed E-state index contributed by atoms with van der Waals surface area (Å²) < 4.78 is 33.1. The summed E-state index contributed by atoms with van der Waals surface area (Å²) in [6.07, 6.45) is 0. The van der Waals surface area contributed by atoms with E-state index < -0.39 is 10.0 Å². The molecule has 1 heterocycles. The zero-order chi connectivity index (χ0) is 16.3. The van der Waals surface area contributed by atoms with E-state index in [0.29, 0.717) is 30.3 Å². The molecular formula is C16H26N2O3S. The van der Waals surface area contributed by atoms with E-state index in [9.17, 15) is 8.42 Å². The van der Waals surface area contributed by atoms with Gasteiger partial charge in [0.05, 0.1) is 6.61 Å². The molecule has 0 atom stereocenters. The van der Waals surface area contributed by atoms with Gasteiger partial charge in [0.1, 0.15) is 10.6 Å². The molecule has 1 aliphatic heterocycles. The maximum atomic E-state index is 13.0. The zero-order valence-electron chi connectivity index (χ0n) is 13.9. The number of ether oxygens (including phenoxy) is 1. The minimum absolute atomic E-state index is 0.275. The molecule has 0 N–H and O–H groups in total. The van der Waals surface area contributed by atoms with Gasteiger partial charge in [0, 0.05) is 26.2 Å². The lowest BCUT2D eigenvalue weighted by molar-refractivity contribution is 0.222. The van der Waals surface area contributed by atoms with Gasteiger partial charge in [0.25, 0.3) is 0 Å². The zero-order valence-corrected chi connectivity index (χ0v) is 14.7. The molecule has 124 valence electrons. The van der Waals surface area contributed by atoms with Crippen LogP contribution < -0.4 is 4.74 Å². The van der Waals surface area contributed by atoms with E-state index in [4.69, 9.17) is 4.74 Å². The highest BCUT2D eigenvalue weighted by Gasteiger charge is 2.30. The smallest absolute Gasteiger partial charge is 0.246 e. The molecule has 0 aromatic heterocycles. The van der Waals surface area contributed by atoms with Gasteiger partial charge in [-0.25, -0.2) is 8.42 Å². The van der Waals surface area contributed by atoms with Gasteiger partial charge in [-0.3, -0.25) is 0 Å². The van der Waals surface area contributed by atoms with Gasteiger partial charge in [-0.05, 0) is 37.6 Å². The molecule has 0 amide bonds. The molecule has 6 heteroatoms. The monoisotopic (exact) mass is 326 g/mol. The average Bonchev–Trinajstić information content (AvgIpc) is 2.48. The van der Waals surface area contributed by atoms with Gasteiger partial charge in [-0.1, -0.05) is 19.9 Å². The third-order valence-electron chi connectivity index (χ3n) is 4.01. The molecule has 0 spiro atoms. The highest BCUT2D eigenvalue weighted by molar-refractivity contribution is 7.89. The topological polar surface area (TPSA) is 49.9 Å². The van der Waals surface area contributed by atoms with E-state index in [0.717, 1.165) is 18.7 Å². The SMILES string of the molecule is CCOc1ccc(C(C)C)cc1S(=O)(=O)N1CCN(C)CC1. The fourth-order valence-electron chi connectivity index (χ4n) is 2.53. The standard InChI is InChI=1S/C16H26N2O3S/c1-5-21-15-7-6-14(13(2)3)12-16(15)22(19,20)18-10-8-17(4)9-11-18/h6-7,12-13H,5,8-11H2,1-4H3. The van der Waals surface area contributed by atoms with E-state index in [1.54, 1.807) is 16.4 Å². The second kappa shape index (κ2) is 6.98. The number of sulfonamides is 1. The minimum Gasteiger partial charge on any atom is -0.492 e. The fraction of sp³-hybridized carbons (Fsp3) is 0.625. The normalized spacial score (nSPS) is 17.9. The van der Waals surface area contributed by atoms with E-state index >= 15 is 0 Å². The minimum atomic E-state index is -3.51. The van der Waals surface area contributed by atoms with Gasteiger partial charge < -0.3 is 9.64 Å². The van der Waals surface area contributed by atoms with Crippen LogP contribution in [-0.2, 0) is 10.0 Å². The van der Waals surface area contributed by atoms with Gasteiger partial charge in [0.15, 0.2) is 0 Å². The summed E-state index contributed by atoms with van der Waals surface area (Å²) in [6.45, 7) is 8.99. The molecule has 2 rings (SSSR count). The predicted molar refractivity (Wildman–Crippen MR) is 88.0 cm³/mol. The molecule has 1 aromatic rings. The Morgan fingerprint density at radius 2 is 1.82 bits per heavy atom. The van der Waals surface area contributed by atoms with E-state index in [2.05, 4.69) is 18.7 Å². The van der Waals surface area contributed by atoms with Crippen molar-refractivity contribution in [1.82, 2.24) is 9.21 Å². The molecule has 0 bridgehead atoms. The first-order chi connectivity index (χ1) is 10.4. The highest BCUT2D eigenvalue weighted by atomic mass is 32.2. The summed E-state index contributed by atoms with van der Waals surface area (Å²) in [5, 5.41) is 0. The van der Waals surface area contributed by atoms with Crippen molar-refractivity contribution in [3.05, 3.63) is 23.8 Å². The number of likely N-dealkylation sites (N-methyl/N-ethyl adjacent to an activating group) is 1. The lowest BCUT2D eigenvalue weighted by atomic mass is 10.0. The molecule has 0 unspecified atom stereocenters. The second-order valence-corrected chi connectivity index (χ2v) is 7.91. The maximum Gasteiger partial charge on any atom is 0.246 e. The molecule has 5 nitrogen and oxygen atoms in total. The number of hydrogen-bond donors (Lipinski definition) is 0. The number of benzene rings is 1. The molecule has 1 saturated heterocycles. The number of piperazine rings is 1. The Bertz CT molecular complexity index is 606. The number of rotatable bonds is 5. The number of hydrogen-bond acceptors (Lipinski definition) is 4. The van der Waals surface area contributed by atoms with Crippen LogP contribution in [0, 0.1) is 0 Å². The Hall–Kier alpha value is -1.11. The summed E-state index contributed by atoms with van der Waals surface area (Å²) in [5.41, 5.74) is 1.01. The average molecular weight is 326 g/mol. The lowest BCUT2D eigenvalue weighted by Crippen LogP contribution is -2.47. The molecule has 0 saturated carbocycles. The van der Waals surface area contributed by atoms with Crippen molar-refractivity contribution in [3.8, 4) is 5.75 Å². The quantitative estimate of drug-likeness (QED) is 0.832. The van der Waals surface area contributed by atoms with E-state index in [-0.39, 0.29) is 5.92 Å². The first-order valence-electron chi connectivity index (χ1n) is 7.81. The fourth-order valence-corrected chi connectivity index (χ4v) is 4.12. The lowest BCUT2D eigenvalue weighted by Gasteiger charge is -2.32. The van der Waals surface area contributed by atoms with E-state index in [1.807, 2.05) is 20.0 Å². The van der Waals surface area contributed by atoms with Crippen LogP contribution in [0.1, 0.15) is 32.3 Å². The summed E-state index contributed by atoms with van der Waals surface area (Å²) in [4.78, 5) is 2.44. The van der Waals surface area contributed by atoms with Crippen molar-refractivity contribution in [2.24, 2.45) is 0 Å². The van der Waals surface area contributed by atoms with Crippen molar-refractivity contribution in [2.45, 2.75) is 31.6 Å². The molecule has 0 aliphatic carbocycles. The summed E-state index contributed by atoms with van der Waals surface area (Å²) in [6, 6.07) is 5.49. The van der Waals surface area contributed by atoms with Crippen LogP contribution in [0.3, 0.4) is 0 Å². The third kappa shape index (κ3) is 3.62. The van der Waals surface area contributed by atoms with Crippen LogP contribution in [0.5, 0.6) is 5.75 Å². The van der Waals surface area contributed by atoms with Gasteiger partial charge >= 0.3 is 0 Å². The Labute approximate surface area is 133 Å². The Balaban J connectivity index is 2.41. The molecule has 22 heavy (non-hydrogen) atoms. The molecular weight excluding hydrogens is 300 g/mol. The molecule has 1 aliphatic rings. The van der Waals surface area contributed by atoms with Gasteiger partial charge in [-0.2, -0.15) is 4.31 Å². The van der Waals surface area contributed by atoms with Crippen molar-refractivity contribution in [2.75, 3.05) is 39.8 Å². The van der Waals surface area contributed by atoms with Crippen molar-refractivity contribution in [1.29, 1.82) is 0 Å². The van der Waals surface area contributed by atoms with Crippen LogP contribution in [0.25, 0.3) is 0 Å². The summed E-state index contributed by atoms with van der Waals surface area (Å²) in [7, 11) is -1.50. The van der Waals surface area contributed by atoms with E-state index in [1.165, 1.54) is 0 Å². The second-order valence-electron chi connectivity index (χ2n) is 6.00. The predicted octanol–water partition coefficient (Wildman–Crippen LogP) is 2.14. The molecule has 1 aromatic carbocycles. The first kappa shape index (κ1) is 17.2. The van der Waals surface area contributed by atoms with Crippen LogP contribution >= 0.6 is 0 Å². The molecule has 1 fully saturated rings. The summed E-state index contributed by atoms with van der Waals surface area (Å²) in [5.74, 6) is 0.725. The molecule has 0 radical (unpaired) electrons. The largest absolute Gasteiger partial charge is 0.492 e. The van der Waals surface area contributed by atoms with Crippen LogP contribution in [0.15, 0.2) is 23.1 Å². The first-order valence-corrected chi connectivity index (χ1v) is 9.25.